The highest BCUT2D eigenvalue weighted by molar-refractivity contribution is 5.94. The first kappa shape index (κ1) is 20.4. The number of nitrogens with one attached hydrogen (secondary N) is 3. The Hall–Kier alpha value is -2.89. The lowest BCUT2D eigenvalue weighted by Crippen LogP contribution is -2.40. The fourth-order valence-electron chi connectivity index (χ4n) is 2.47. The average molecular weight is 370 g/mol. The summed E-state index contributed by atoms with van der Waals surface area (Å²) in [6, 6.07) is 13.9. The van der Waals surface area contributed by atoms with Crippen LogP contribution in [0.15, 0.2) is 53.5 Å². The summed E-state index contributed by atoms with van der Waals surface area (Å²) in [5.41, 5.74) is 2.13. The first-order chi connectivity index (χ1) is 12.8. The van der Waals surface area contributed by atoms with Gasteiger partial charge >= 0.3 is 0 Å². The van der Waals surface area contributed by atoms with Crippen molar-refractivity contribution < 1.29 is 9.18 Å². The van der Waals surface area contributed by atoms with Crippen LogP contribution in [0, 0.1) is 5.82 Å². The maximum absolute atomic E-state index is 13.2. The zero-order valence-corrected chi connectivity index (χ0v) is 16.3. The third-order valence-electron chi connectivity index (χ3n) is 3.71. The van der Waals surface area contributed by atoms with Crippen LogP contribution in [0.2, 0.25) is 0 Å². The normalized spacial score (nSPS) is 11.8. The molecule has 0 aliphatic heterocycles. The minimum atomic E-state index is -0.284. The second-order valence-corrected chi connectivity index (χ2v) is 7.31. The van der Waals surface area contributed by atoms with Crippen LogP contribution in [0.5, 0.6) is 0 Å². The Morgan fingerprint density at radius 1 is 1.00 bits per heavy atom. The van der Waals surface area contributed by atoms with E-state index in [0.717, 1.165) is 11.1 Å². The Bertz CT molecular complexity index is 812. The summed E-state index contributed by atoms with van der Waals surface area (Å²) in [4.78, 5) is 16.5. The molecule has 0 saturated heterocycles. The van der Waals surface area contributed by atoms with Crippen molar-refractivity contribution in [2.24, 2.45) is 4.99 Å². The second kappa shape index (κ2) is 9.16. The summed E-state index contributed by atoms with van der Waals surface area (Å²) < 4.78 is 13.2. The predicted octanol–water partition coefficient (Wildman–Crippen LogP) is 3.22. The topological polar surface area (TPSA) is 65.5 Å². The van der Waals surface area contributed by atoms with Gasteiger partial charge in [0.05, 0.1) is 0 Å². The van der Waals surface area contributed by atoms with Crippen molar-refractivity contribution in [2.75, 3.05) is 7.05 Å². The molecule has 1 amide bonds. The molecule has 2 aromatic rings. The van der Waals surface area contributed by atoms with Crippen LogP contribution in [-0.2, 0) is 13.1 Å². The van der Waals surface area contributed by atoms with Crippen LogP contribution in [0.4, 0.5) is 4.39 Å². The Balaban J connectivity index is 1.92. The van der Waals surface area contributed by atoms with E-state index in [1.165, 1.54) is 12.1 Å². The number of hydrogen-bond acceptors (Lipinski definition) is 2. The molecule has 0 bridgehead atoms. The number of nitrogens with zero attached hydrogens (tertiary/aromatic N) is 1. The van der Waals surface area contributed by atoms with Gasteiger partial charge in [0.1, 0.15) is 5.82 Å². The van der Waals surface area contributed by atoms with E-state index in [1.807, 2.05) is 45.0 Å². The van der Waals surface area contributed by atoms with E-state index >= 15 is 0 Å². The summed E-state index contributed by atoms with van der Waals surface area (Å²) in [5.74, 6) is 0.240. The number of halogens is 1. The van der Waals surface area contributed by atoms with Gasteiger partial charge in [0.15, 0.2) is 5.96 Å². The van der Waals surface area contributed by atoms with E-state index < -0.39 is 0 Å². The van der Waals surface area contributed by atoms with Gasteiger partial charge in [0.25, 0.3) is 5.91 Å². The van der Waals surface area contributed by atoms with Crippen molar-refractivity contribution >= 4 is 11.9 Å². The molecule has 0 spiro atoms. The molecule has 0 aromatic heterocycles. The maximum atomic E-state index is 13.2. The molecule has 0 radical (unpaired) electrons. The molecule has 144 valence electrons. The molecule has 5 nitrogen and oxygen atoms in total. The molecule has 2 aromatic carbocycles. The molecule has 0 saturated carbocycles. The number of amides is 1. The highest BCUT2D eigenvalue weighted by Gasteiger charge is 2.15. The minimum absolute atomic E-state index is 0.0991. The Morgan fingerprint density at radius 3 is 2.15 bits per heavy atom. The molecule has 0 heterocycles. The van der Waals surface area contributed by atoms with Crippen molar-refractivity contribution in [1.82, 2.24) is 16.0 Å². The van der Waals surface area contributed by atoms with E-state index in [2.05, 4.69) is 20.9 Å². The van der Waals surface area contributed by atoms with E-state index in [1.54, 1.807) is 19.2 Å². The third-order valence-corrected chi connectivity index (χ3v) is 3.71. The monoisotopic (exact) mass is 370 g/mol. The van der Waals surface area contributed by atoms with Gasteiger partial charge < -0.3 is 16.0 Å². The lowest BCUT2D eigenvalue weighted by Gasteiger charge is -2.20. The van der Waals surface area contributed by atoms with Gasteiger partial charge in [-0.25, -0.2) is 4.39 Å². The standard InChI is InChI=1S/C21H27FN4O/c1-21(2,3)26-19(27)17-9-5-7-15(11-17)13-24-20(23-4)25-14-16-8-6-10-18(22)12-16/h5-12H,13-14H2,1-4H3,(H,26,27)(H2,23,24,25). The molecule has 0 aliphatic carbocycles. The van der Waals surface area contributed by atoms with E-state index in [0.29, 0.717) is 24.6 Å². The number of carbonyl (C=O) groups excluding carboxylic acids is 1. The first-order valence-corrected chi connectivity index (χ1v) is 8.87. The molecule has 6 heteroatoms. The number of hydrogen-bond donors (Lipinski definition) is 3. The van der Waals surface area contributed by atoms with E-state index in [-0.39, 0.29) is 17.3 Å². The first-order valence-electron chi connectivity index (χ1n) is 8.87. The zero-order chi connectivity index (χ0) is 19.9. The molecule has 0 fully saturated rings. The molecular formula is C21H27FN4O. The Kier molecular flexibility index (Phi) is 6.93. The van der Waals surface area contributed by atoms with Crippen molar-refractivity contribution in [3.63, 3.8) is 0 Å². The zero-order valence-electron chi connectivity index (χ0n) is 16.3. The SMILES string of the molecule is CN=C(NCc1cccc(F)c1)NCc1cccc(C(=O)NC(C)(C)C)c1. The molecule has 0 atom stereocenters. The minimum Gasteiger partial charge on any atom is -0.352 e. The fraction of sp³-hybridized carbons (Fsp3) is 0.333. The van der Waals surface area contributed by atoms with Crippen LogP contribution >= 0.6 is 0 Å². The summed E-state index contributed by atoms with van der Waals surface area (Å²) in [6.45, 7) is 6.82. The number of aliphatic imine (C=N–C) groups is 1. The smallest absolute Gasteiger partial charge is 0.251 e. The number of rotatable bonds is 5. The van der Waals surface area contributed by atoms with E-state index in [9.17, 15) is 9.18 Å². The van der Waals surface area contributed by atoms with Crippen molar-refractivity contribution in [3.8, 4) is 0 Å². The van der Waals surface area contributed by atoms with Gasteiger partial charge in [-0.1, -0.05) is 24.3 Å². The molecule has 0 aliphatic rings. The molecule has 3 N–H and O–H groups in total. The largest absolute Gasteiger partial charge is 0.352 e. The third kappa shape index (κ3) is 7.09. The predicted molar refractivity (Wildman–Crippen MR) is 107 cm³/mol. The highest BCUT2D eigenvalue weighted by Crippen LogP contribution is 2.08. The quantitative estimate of drug-likeness (QED) is 0.559. The van der Waals surface area contributed by atoms with Crippen molar-refractivity contribution in [2.45, 2.75) is 39.4 Å². The Morgan fingerprint density at radius 2 is 1.59 bits per heavy atom. The molecule has 0 unspecified atom stereocenters. The van der Waals surface area contributed by atoms with Gasteiger partial charge in [-0.15, -0.1) is 0 Å². The molecule has 2 rings (SSSR count). The fourth-order valence-corrected chi connectivity index (χ4v) is 2.47. The molecular weight excluding hydrogens is 343 g/mol. The maximum Gasteiger partial charge on any atom is 0.251 e. The summed E-state index contributed by atoms with van der Waals surface area (Å²) in [5, 5.41) is 9.30. The van der Waals surface area contributed by atoms with Crippen LogP contribution < -0.4 is 16.0 Å². The van der Waals surface area contributed by atoms with Gasteiger partial charge in [-0.05, 0) is 56.2 Å². The summed E-state index contributed by atoms with van der Waals surface area (Å²) >= 11 is 0. The van der Waals surface area contributed by atoms with Crippen LogP contribution in [0.3, 0.4) is 0 Å². The van der Waals surface area contributed by atoms with Gasteiger partial charge in [-0.2, -0.15) is 0 Å². The van der Waals surface area contributed by atoms with Gasteiger partial charge in [0.2, 0.25) is 0 Å². The van der Waals surface area contributed by atoms with Gasteiger partial charge in [0, 0.05) is 31.2 Å². The number of guanidine groups is 1. The average Bonchev–Trinajstić information content (AvgIpc) is 2.61. The van der Waals surface area contributed by atoms with Crippen LogP contribution in [0.1, 0.15) is 42.3 Å². The van der Waals surface area contributed by atoms with Crippen LogP contribution in [0.25, 0.3) is 0 Å². The second-order valence-electron chi connectivity index (χ2n) is 7.31. The number of carbonyl (C=O) groups is 1. The Labute approximate surface area is 160 Å². The van der Waals surface area contributed by atoms with Gasteiger partial charge in [-0.3, -0.25) is 9.79 Å². The number of benzene rings is 2. The summed E-state index contributed by atoms with van der Waals surface area (Å²) in [7, 11) is 1.67. The highest BCUT2D eigenvalue weighted by atomic mass is 19.1. The van der Waals surface area contributed by atoms with Crippen molar-refractivity contribution in [3.05, 3.63) is 71.0 Å². The lowest BCUT2D eigenvalue weighted by atomic mass is 10.1. The van der Waals surface area contributed by atoms with E-state index in [4.69, 9.17) is 0 Å². The van der Waals surface area contributed by atoms with Crippen molar-refractivity contribution in [1.29, 1.82) is 0 Å². The molecule has 27 heavy (non-hydrogen) atoms. The van der Waals surface area contributed by atoms with Crippen LogP contribution in [-0.4, -0.2) is 24.5 Å². The lowest BCUT2D eigenvalue weighted by molar-refractivity contribution is 0.0919. The summed E-state index contributed by atoms with van der Waals surface area (Å²) in [6.07, 6.45) is 0.